The van der Waals surface area contributed by atoms with Gasteiger partial charge in [0.15, 0.2) is 0 Å². The van der Waals surface area contributed by atoms with Crippen LogP contribution in [0.15, 0.2) is 40.0 Å². The van der Waals surface area contributed by atoms with Crippen LogP contribution in [0.25, 0.3) is 0 Å². The predicted molar refractivity (Wildman–Crippen MR) is 84.7 cm³/mol. The van der Waals surface area contributed by atoms with Crippen LogP contribution in [-0.2, 0) is 6.54 Å². The molecule has 0 atom stereocenters. The molecule has 0 fully saturated rings. The van der Waals surface area contributed by atoms with E-state index < -0.39 is 0 Å². The molecule has 1 aromatic carbocycles. The first-order valence-electron chi connectivity index (χ1n) is 6.23. The summed E-state index contributed by atoms with van der Waals surface area (Å²) in [4.78, 5) is 27.8. The maximum atomic E-state index is 12.0. The Labute approximate surface area is 135 Å². The van der Waals surface area contributed by atoms with Gasteiger partial charge in [-0.1, -0.05) is 27.5 Å². The van der Waals surface area contributed by atoms with Crippen LogP contribution in [0.3, 0.4) is 0 Å². The van der Waals surface area contributed by atoms with Gasteiger partial charge in [0.2, 0.25) is 0 Å². The number of rotatable bonds is 4. The third kappa shape index (κ3) is 3.92. The molecule has 1 aromatic heterocycles. The van der Waals surface area contributed by atoms with E-state index in [1.807, 2.05) is 0 Å². The molecule has 2 rings (SSSR count). The van der Waals surface area contributed by atoms with Crippen LogP contribution in [0.4, 0.5) is 0 Å². The van der Waals surface area contributed by atoms with Gasteiger partial charge in [-0.25, -0.2) is 4.98 Å². The summed E-state index contributed by atoms with van der Waals surface area (Å²) in [5, 5.41) is 3.11. The van der Waals surface area contributed by atoms with Gasteiger partial charge < -0.3 is 5.32 Å². The smallest absolute Gasteiger partial charge is 0.256 e. The van der Waals surface area contributed by atoms with Gasteiger partial charge in [-0.15, -0.1) is 0 Å². The highest BCUT2D eigenvalue weighted by molar-refractivity contribution is 9.10. The van der Waals surface area contributed by atoms with E-state index in [0.717, 1.165) is 4.47 Å². The molecule has 21 heavy (non-hydrogen) atoms. The van der Waals surface area contributed by atoms with Gasteiger partial charge in [0.1, 0.15) is 0 Å². The van der Waals surface area contributed by atoms with Crippen LogP contribution in [0, 0.1) is 6.92 Å². The molecule has 0 aliphatic carbocycles. The lowest BCUT2D eigenvalue weighted by atomic mass is 10.2. The van der Waals surface area contributed by atoms with Gasteiger partial charge >= 0.3 is 0 Å². The summed E-state index contributed by atoms with van der Waals surface area (Å²) in [7, 11) is 0. The monoisotopic (exact) mass is 369 g/mol. The minimum Gasteiger partial charge on any atom is -0.350 e. The Balaban J connectivity index is 2.00. The highest BCUT2D eigenvalue weighted by atomic mass is 79.9. The van der Waals surface area contributed by atoms with Crippen molar-refractivity contribution < 1.29 is 4.79 Å². The molecule has 0 aliphatic heterocycles. The fraction of sp³-hybridized carbons (Fsp3) is 0.214. The third-order valence-corrected chi connectivity index (χ3v) is 3.71. The van der Waals surface area contributed by atoms with Crippen molar-refractivity contribution in [3.63, 3.8) is 0 Å². The van der Waals surface area contributed by atoms with Crippen molar-refractivity contribution >= 4 is 33.4 Å². The van der Waals surface area contributed by atoms with E-state index in [1.165, 1.54) is 17.1 Å². The molecule has 0 bridgehead atoms. The van der Waals surface area contributed by atoms with Crippen LogP contribution < -0.4 is 10.9 Å². The Bertz CT molecular complexity index is 730. The van der Waals surface area contributed by atoms with Crippen LogP contribution in [0.1, 0.15) is 15.9 Å². The maximum absolute atomic E-state index is 12.0. The fourth-order valence-corrected chi connectivity index (χ4v) is 2.34. The van der Waals surface area contributed by atoms with E-state index >= 15 is 0 Å². The SMILES string of the molecule is Cc1cncn(CCNC(=O)c2cc(Br)ccc2Cl)c1=O. The van der Waals surface area contributed by atoms with Gasteiger partial charge in [-0.2, -0.15) is 0 Å². The van der Waals surface area contributed by atoms with Crippen LogP contribution in [-0.4, -0.2) is 22.0 Å². The minimum absolute atomic E-state index is 0.111. The first kappa shape index (κ1) is 15.7. The Hall–Kier alpha value is -1.66. The second-order valence-corrected chi connectivity index (χ2v) is 5.78. The van der Waals surface area contributed by atoms with Gasteiger partial charge in [-0.05, 0) is 25.1 Å². The fourth-order valence-electron chi connectivity index (χ4n) is 1.78. The van der Waals surface area contributed by atoms with Crippen molar-refractivity contribution in [2.45, 2.75) is 13.5 Å². The number of hydrogen-bond acceptors (Lipinski definition) is 3. The molecule has 1 amide bonds. The number of carbonyl (C=O) groups is 1. The zero-order chi connectivity index (χ0) is 15.4. The third-order valence-electron chi connectivity index (χ3n) is 2.88. The predicted octanol–water partition coefficient (Wildman–Crippen LogP) is 2.40. The number of amides is 1. The lowest BCUT2D eigenvalue weighted by Gasteiger charge is -2.09. The van der Waals surface area contributed by atoms with Crippen LogP contribution in [0.2, 0.25) is 5.02 Å². The van der Waals surface area contributed by atoms with Gasteiger partial charge in [0.05, 0.1) is 16.9 Å². The highest BCUT2D eigenvalue weighted by Gasteiger charge is 2.10. The van der Waals surface area contributed by atoms with Gasteiger partial charge in [0, 0.05) is 29.3 Å². The summed E-state index contributed by atoms with van der Waals surface area (Å²) in [6.45, 7) is 2.36. The van der Waals surface area contributed by atoms with Crippen molar-refractivity contribution in [3.8, 4) is 0 Å². The molecule has 110 valence electrons. The van der Waals surface area contributed by atoms with E-state index in [4.69, 9.17) is 11.6 Å². The lowest BCUT2D eigenvalue weighted by molar-refractivity contribution is 0.0952. The number of aromatic nitrogens is 2. The Morgan fingerprint density at radius 2 is 2.24 bits per heavy atom. The molecule has 0 aliphatic rings. The number of hydrogen-bond donors (Lipinski definition) is 1. The van der Waals surface area contributed by atoms with E-state index in [2.05, 4.69) is 26.2 Å². The molecule has 7 heteroatoms. The molecule has 5 nitrogen and oxygen atoms in total. The maximum Gasteiger partial charge on any atom is 0.256 e. The molecule has 0 spiro atoms. The average Bonchev–Trinajstić information content (AvgIpc) is 2.46. The van der Waals surface area contributed by atoms with E-state index in [9.17, 15) is 9.59 Å². The quantitative estimate of drug-likeness (QED) is 0.899. The number of nitrogens with one attached hydrogen (secondary N) is 1. The van der Waals surface area contributed by atoms with E-state index in [-0.39, 0.29) is 11.5 Å². The Kier molecular flexibility index (Phi) is 5.14. The van der Waals surface area contributed by atoms with Gasteiger partial charge in [-0.3, -0.25) is 14.2 Å². The zero-order valence-electron chi connectivity index (χ0n) is 11.3. The summed E-state index contributed by atoms with van der Waals surface area (Å²) in [5.74, 6) is -0.282. The Morgan fingerprint density at radius 3 is 3.00 bits per heavy atom. The molecular weight excluding hydrogens is 358 g/mol. The van der Waals surface area contributed by atoms with E-state index in [0.29, 0.717) is 29.2 Å². The van der Waals surface area contributed by atoms with Crippen molar-refractivity contribution in [1.82, 2.24) is 14.9 Å². The number of nitrogens with zero attached hydrogens (tertiary/aromatic N) is 2. The summed E-state index contributed by atoms with van der Waals surface area (Å²) < 4.78 is 2.23. The first-order valence-corrected chi connectivity index (χ1v) is 7.40. The van der Waals surface area contributed by atoms with Crippen molar-refractivity contribution in [2.24, 2.45) is 0 Å². The summed E-state index contributed by atoms with van der Waals surface area (Å²) in [6.07, 6.45) is 2.96. The van der Waals surface area contributed by atoms with Crippen molar-refractivity contribution in [1.29, 1.82) is 0 Å². The summed E-state index contributed by atoms with van der Waals surface area (Å²) >= 11 is 9.28. The summed E-state index contributed by atoms with van der Waals surface area (Å²) in [5.41, 5.74) is 0.847. The standard InChI is InChI=1S/C14H13BrClN3O2/c1-9-7-17-8-19(14(9)21)5-4-18-13(20)11-6-10(15)2-3-12(11)16/h2-3,6-8H,4-5H2,1H3,(H,18,20). The zero-order valence-corrected chi connectivity index (χ0v) is 13.6. The van der Waals surface area contributed by atoms with Crippen molar-refractivity contribution in [2.75, 3.05) is 6.54 Å². The molecule has 0 radical (unpaired) electrons. The molecule has 1 heterocycles. The molecule has 0 saturated heterocycles. The van der Waals surface area contributed by atoms with Crippen LogP contribution >= 0.6 is 27.5 Å². The van der Waals surface area contributed by atoms with Crippen molar-refractivity contribution in [3.05, 3.63) is 61.7 Å². The normalized spacial score (nSPS) is 10.4. The largest absolute Gasteiger partial charge is 0.350 e. The number of benzene rings is 1. The molecule has 1 N–H and O–H groups in total. The van der Waals surface area contributed by atoms with Gasteiger partial charge in [0.25, 0.3) is 11.5 Å². The first-order chi connectivity index (χ1) is 9.99. The number of halogens is 2. The molecule has 2 aromatic rings. The van der Waals surface area contributed by atoms with Crippen LogP contribution in [0.5, 0.6) is 0 Å². The summed E-state index contributed by atoms with van der Waals surface area (Å²) in [6, 6.07) is 5.06. The molecular formula is C14H13BrClN3O2. The topological polar surface area (TPSA) is 64.0 Å². The molecule has 0 saturated carbocycles. The Morgan fingerprint density at radius 1 is 1.48 bits per heavy atom. The average molecular weight is 371 g/mol. The minimum atomic E-state index is -0.282. The second-order valence-electron chi connectivity index (χ2n) is 4.46. The lowest BCUT2D eigenvalue weighted by Crippen LogP contribution is -2.31. The second kappa shape index (κ2) is 6.87. The highest BCUT2D eigenvalue weighted by Crippen LogP contribution is 2.20. The number of aryl methyl sites for hydroxylation is 1. The number of carbonyl (C=O) groups excluding carboxylic acids is 1. The molecule has 0 unspecified atom stereocenters. The van der Waals surface area contributed by atoms with E-state index in [1.54, 1.807) is 25.1 Å².